The highest BCUT2D eigenvalue weighted by molar-refractivity contribution is 5.48. The Hall–Kier alpha value is -1.30. The van der Waals surface area contributed by atoms with Gasteiger partial charge in [0.25, 0.3) is 0 Å². The van der Waals surface area contributed by atoms with Gasteiger partial charge in [0.15, 0.2) is 0 Å². The van der Waals surface area contributed by atoms with Gasteiger partial charge in [-0.3, -0.25) is 0 Å². The van der Waals surface area contributed by atoms with Crippen molar-refractivity contribution in [2.45, 2.75) is 13.0 Å². The average molecular weight is 294 g/mol. The Morgan fingerprint density at radius 3 is 2.19 bits per heavy atom. The molecule has 118 valence electrons. The zero-order valence-corrected chi connectivity index (χ0v) is 13.3. The minimum Gasteiger partial charge on any atom is -0.496 e. The van der Waals surface area contributed by atoms with Gasteiger partial charge < -0.3 is 24.4 Å². The summed E-state index contributed by atoms with van der Waals surface area (Å²) in [5.74, 6) is 1.68. The van der Waals surface area contributed by atoms with Crippen molar-refractivity contribution in [2.75, 3.05) is 54.1 Å². The molecule has 0 atom stereocenters. The molecule has 1 heterocycles. The van der Waals surface area contributed by atoms with E-state index in [1.165, 1.54) is 5.56 Å². The highest BCUT2D eigenvalue weighted by atomic mass is 16.5. The van der Waals surface area contributed by atoms with Gasteiger partial charge in [0.1, 0.15) is 11.5 Å². The minimum absolute atomic E-state index is 0.490. The van der Waals surface area contributed by atoms with E-state index in [0.717, 1.165) is 56.2 Å². The van der Waals surface area contributed by atoms with Crippen LogP contribution in [0.2, 0.25) is 0 Å². The van der Waals surface area contributed by atoms with Crippen molar-refractivity contribution < 1.29 is 14.2 Å². The summed E-state index contributed by atoms with van der Waals surface area (Å²) in [6.45, 7) is 5.97. The van der Waals surface area contributed by atoms with Gasteiger partial charge in [0, 0.05) is 39.8 Å². The van der Waals surface area contributed by atoms with Crippen molar-refractivity contribution in [3.8, 4) is 11.5 Å². The zero-order chi connectivity index (χ0) is 15.1. The summed E-state index contributed by atoms with van der Waals surface area (Å²) in [7, 11) is 5.05. The maximum atomic E-state index is 5.49. The molecule has 0 aromatic heterocycles. The molecule has 1 aromatic rings. The Labute approximate surface area is 127 Å². The largest absolute Gasteiger partial charge is 0.496 e. The highest BCUT2D eigenvalue weighted by Gasteiger charge is 2.14. The first-order chi connectivity index (χ1) is 10.3. The van der Waals surface area contributed by atoms with Gasteiger partial charge in [0.05, 0.1) is 26.4 Å². The third kappa shape index (κ3) is 4.33. The Balaban J connectivity index is 2.08. The van der Waals surface area contributed by atoms with Crippen LogP contribution < -0.4 is 14.8 Å². The molecule has 1 saturated heterocycles. The molecule has 2 rings (SSSR count). The second-order valence-corrected chi connectivity index (χ2v) is 5.25. The van der Waals surface area contributed by atoms with Crippen molar-refractivity contribution in [1.82, 2.24) is 10.2 Å². The third-order valence-electron chi connectivity index (χ3n) is 3.88. The lowest BCUT2D eigenvalue weighted by molar-refractivity contribution is 0.178. The van der Waals surface area contributed by atoms with Crippen molar-refractivity contribution in [3.63, 3.8) is 0 Å². The molecule has 0 saturated carbocycles. The van der Waals surface area contributed by atoms with Crippen LogP contribution in [0.3, 0.4) is 0 Å². The molecule has 0 radical (unpaired) electrons. The Kier molecular flexibility index (Phi) is 6.29. The number of nitrogens with zero attached hydrogens (tertiary/aromatic N) is 1. The quantitative estimate of drug-likeness (QED) is 0.821. The summed E-state index contributed by atoms with van der Waals surface area (Å²) in [4.78, 5) is 2.48. The molecule has 1 aliphatic rings. The van der Waals surface area contributed by atoms with Crippen molar-refractivity contribution in [1.29, 1.82) is 0 Å². The number of methoxy groups -OCH3 is 3. The number of benzene rings is 1. The number of nitrogens with one attached hydrogen (secondary N) is 1. The van der Waals surface area contributed by atoms with Gasteiger partial charge >= 0.3 is 0 Å². The monoisotopic (exact) mass is 294 g/mol. The molecule has 0 aliphatic carbocycles. The smallest absolute Gasteiger partial charge is 0.128 e. The van der Waals surface area contributed by atoms with E-state index in [2.05, 4.69) is 22.3 Å². The van der Waals surface area contributed by atoms with Crippen LogP contribution in [-0.4, -0.2) is 59.0 Å². The number of hydrogen-bond acceptors (Lipinski definition) is 5. The molecule has 0 amide bonds. The Morgan fingerprint density at radius 2 is 1.67 bits per heavy atom. The van der Waals surface area contributed by atoms with E-state index >= 15 is 0 Å². The van der Waals surface area contributed by atoms with Crippen LogP contribution in [0.15, 0.2) is 12.1 Å². The first-order valence-corrected chi connectivity index (χ1v) is 7.44. The van der Waals surface area contributed by atoms with Crippen LogP contribution in [0.1, 0.15) is 11.1 Å². The van der Waals surface area contributed by atoms with E-state index < -0.39 is 0 Å². The first kappa shape index (κ1) is 16.1. The van der Waals surface area contributed by atoms with E-state index in [-0.39, 0.29) is 0 Å². The third-order valence-corrected chi connectivity index (χ3v) is 3.88. The Bertz CT molecular complexity index is 420. The van der Waals surface area contributed by atoms with Crippen molar-refractivity contribution >= 4 is 0 Å². The van der Waals surface area contributed by atoms with E-state index in [4.69, 9.17) is 14.2 Å². The second-order valence-electron chi connectivity index (χ2n) is 5.25. The Morgan fingerprint density at radius 1 is 1.05 bits per heavy atom. The van der Waals surface area contributed by atoms with Gasteiger partial charge in [0.2, 0.25) is 0 Å². The number of rotatable bonds is 7. The molecule has 1 N–H and O–H groups in total. The highest BCUT2D eigenvalue weighted by Crippen LogP contribution is 2.31. The van der Waals surface area contributed by atoms with Gasteiger partial charge in [-0.15, -0.1) is 0 Å². The second kappa shape index (κ2) is 8.22. The lowest BCUT2D eigenvalue weighted by Crippen LogP contribution is -2.44. The summed E-state index contributed by atoms with van der Waals surface area (Å²) in [6, 6.07) is 4.19. The molecule has 0 unspecified atom stereocenters. The van der Waals surface area contributed by atoms with Crippen LogP contribution in [0.25, 0.3) is 0 Å². The van der Waals surface area contributed by atoms with Crippen molar-refractivity contribution in [3.05, 3.63) is 23.3 Å². The summed E-state index contributed by atoms with van der Waals surface area (Å²) in [5, 5.41) is 3.38. The molecule has 0 spiro atoms. The minimum atomic E-state index is 0.490. The molecule has 0 bridgehead atoms. The summed E-state index contributed by atoms with van der Waals surface area (Å²) in [5.41, 5.74) is 2.20. The maximum absolute atomic E-state index is 5.49. The predicted molar refractivity (Wildman–Crippen MR) is 83.3 cm³/mol. The predicted octanol–water partition coefficient (Wildman–Crippen LogP) is 1.30. The van der Waals surface area contributed by atoms with Gasteiger partial charge in [-0.05, 0) is 24.1 Å². The molecule has 5 heteroatoms. The summed E-state index contributed by atoms with van der Waals surface area (Å²) >= 11 is 0. The molecule has 1 aromatic carbocycles. The van der Waals surface area contributed by atoms with Gasteiger partial charge in [-0.1, -0.05) is 0 Å². The van der Waals surface area contributed by atoms with E-state index in [9.17, 15) is 0 Å². The summed E-state index contributed by atoms with van der Waals surface area (Å²) in [6.07, 6.45) is 1.000. The molecular formula is C16H26N2O3. The van der Waals surface area contributed by atoms with Crippen LogP contribution in [0.5, 0.6) is 11.5 Å². The number of piperazine rings is 1. The summed E-state index contributed by atoms with van der Waals surface area (Å²) < 4.78 is 16.2. The van der Waals surface area contributed by atoms with Crippen LogP contribution in [-0.2, 0) is 17.8 Å². The maximum Gasteiger partial charge on any atom is 0.128 e. The molecule has 1 fully saturated rings. The lowest BCUT2D eigenvalue weighted by Gasteiger charge is -2.27. The number of ether oxygens (including phenoxy) is 3. The molecular weight excluding hydrogens is 268 g/mol. The van der Waals surface area contributed by atoms with Crippen LogP contribution in [0.4, 0.5) is 0 Å². The van der Waals surface area contributed by atoms with E-state index in [1.54, 1.807) is 21.3 Å². The molecule has 1 aliphatic heterocycles. The van der Waals surface area contributed by atoms with Gasteiger partial charge in [-0.2, -0.15) is 0 Å². The van der Waals surface area contributed by atoms with E-state index in [0.29, 0.717) is 6.61 Å². The topological polar surface area (TPSA) is 43.0 Å². The zero-order valence-electron chi connectivity index (χ0n) is 13.3. The van der Waals surface area contributed by atoms with E-state index in [1.807, 2.05) is 0 Å². The lowest BCUT2D eigenvalue weighted by atomic mass is 10.1. The van der Waals surface area contributed by atoms with Crippen LogP contribution in [0, 0.1) is 0 Å². The van der Waals surface area contributed by atoms with Gasteiger partial charge in [-0.25, -0.2) is 0 Å². The van der Waals surface area contributed by atoms with Crippen molar-refractivity contribution in [2.24, 2.45) is 0 Å². The SMILES string of the molecule is COCc1c(OC)cc(CCN2CCNCC2)cc1OC. The number of hydrogen-bond donors (Lipinski definition) is 1. The standard InChI is InChI=1S/C16H26N2O3/c1-19-12-14-15(20-2)10-13(11-16(14)21-3)4-7-18-8-5-17-6-9-18/h10-11,17H,4-9,12H2,1-3H3. The average Bonchev–Trinajstić information content (AvgIpc) is 2.54. The van der Waals surface area contributed by atoms with Crippen LogP contribution >= 0.6 is 0 Å². The first-order valence-electron chi connectivity index (χ1n) is 7.44. The fourth-order valence-electron chi connectivity index (χ4n) is 2.69. The molecule has 21 heavy (non-hydrogen) atoms. The fraction of sp³-hybridized carbons (Fsp3) is 0.625. The molecule has 5 nitrogen and oxygen atoms in total. The fourth-order valence-corrected chi connectivity index (χ4v) is 2.69. The normalized spacial score (nSPS) is 16.0.